The summed E-state index contributed by atoms with van der Waals surface area (Å²) in [4.78, 5) is 43.0. The predicted molar refractivity (Wildman–Crippen MR) is 205 cm³/mol. The molecule has 276 valence electrons. The van der Waals surface area contributed by atoms with Gasteiger partial charge in [-0.15, -0.1) is 0 Å². The molecule has 9 heteroatoms. The van der Waals surface area contributed by atoms with Gasteiger partial charge in [0.25, 0.3) is 0 Å². The molecular weight excluding hydrogens is 642 g/mol. The van der Waals surface area contributed by atoms with Crippen LogP contribution in [0.2, 0.25) is 0 Å². The standard InChI is InChI=1S/C42H57N3O6/c1-22(2)31-13-28(14-32(23(3)4)37(31)46)19-43-40(49)44(20-29-15-33(24(5)6)38(47)34(16-29)25(7)8)42(51)45(41(43)50)21-30-17-35(26(9)10)39(48)36(18-30)27(11)12/h13-18,22-27,46-48H,19-21H2,1-12H3. The molecule has 9 nitrogen and oxygen atoms in total. The van der Waals surface area contributed by atoms with Gasteiger partial charge in [0.05, 0.1) is 19.6 Å². The lowest BCUT2D eigenvalue weighted by Crippen LogP contribution is -2.54. The first-order chi connectivity index (χ1) is 23.7. The van der Waals surface area contributed by atoms with E-state index in [4.69, 9.17) is 0 Å². The molecule has 3 N–H and O–H groups in total. The van der Waals surface area contributed by atoms with E-state index in [1.54, 1.807) is 0 Å². The summed E-state index contributed by atoms with van der Waals surface area (Å²) in [6.07, 6.45) is 0. The van der Waals surface area contributed by atoms with Crippen molar-refractivity contribution in [2.75, 3.05) is 0 Å². The third-order valence-corrected chi connectivity index (χ3v) is 9.83. The van der Waals surface area contributed by atoms with E-state index in [2.05, 4.69) is 0 Å². The summed E-state index contributed by atoms with van der Waals surface area (Å²) in [5, 5.41) is 33.2. The van der Waals surface area contributed by atoms with Crippen LogP contribution in [0.1, 0.15) is 169 Å². The molecule has 1 aromatic heterocycles. The van der Waals surface area contributed by atoms with Crippen molar-refractivity contribution in [2.24, 2.45) is 0 Å². The smallest absolute Gasteiger partial charge is 0.336 e. The SMILES string of the molecule is CC(C)c1cc(Cn2c(=O)n(Cc3cc(C(C)C)c(O)c(C(C)C)c3)c(=O)n(Cc3cc(C(C)C)c(O)c(C(C)C)c3)c2=O)cc(C(C)C)c1O. The summed E-state index contributed by atoms with van der Waals surface area (Å²) in [5.74, 6) is 0.572. The highest BCUT2D eigenvalue weighted by atomic mass is 16.3. The molecule has 1 heterocycles. The lowest BCUT2D eigenvalue weighted by molar-refractivity contribution is 0.452. The summed E-state index contributed by atoms with van der Waals surface area (Å²) in [6.45, 7) is 23.4. The predicted octanol–water partition coefficient (Wildman–Crippen LogP) is 8.17. The van der Waals surface area contributed by atoms with Crippen molar-refractivity contribution >= 4 is 0 Å². The van der Waals surface area contributed by atoms with E-state index >= 15 is 0 Å². The third-order valence-electron chi connectivity index (χ3n) is 9.83. The van der Waals surface area contributed by atoms with Crippen molar-refractivity contribution in [1.82, 2.24) is 13.7 Å². The number of aromatic nitrogens is 3. The van der Waals surface area contributed by atoms with Gasteiger partial charge in [0.2, 0.25) is 0 Å². The van der Waals surface area contributed by atoms with Gasteiger partial charge in [0.15, 0.2) is 0 Å². The van der Waals surface area contributed by atoms with E-state index in [1.165, 1.54) is 0 Å². The molecule has 0 saturated heterocycles. The Bertz CT molecular complexity index is 1740. The zero-order chi connectivity index (χ0) is 38.2. The average Bonchev–Trinajstić information content (AvgIpc) is 3.04. The molecule has 0 atom stereocenters. The van der Waals surface area contributed by atoms with Crippen LogP contribution in [-0.4, -0.2) is 29.0 Å². The maximum Gasteiger partial charge on any atom is 0.336 e. The van der Waals surface area contributed by atoms with Crippen molar-refractivity contribution in [3.8, 4) is 17.2 Å². The molecule has 0 amide bonds. The first-order valence-electron chi connectivity index (χ1n) is 18.3. The Balaban J connectivity index is 2.03. The van der Waals surface area contributed by atoms with Crippen LogP contribution >= 0.6 is 0 Å². The molecule has 3 aromatic carbocycles. The van der Waals surface area contributed by atoms with E-state index in [-0.39, 0.29) is 72.4 Å². The summed E-state index contributed by atoms with van der Waals surface area (Å²) in [7, 11) is 0. The van der Waals surface area contributed by atoms with Crippen molar-refractivity contribution in [1.29, 1.82) is 0 Å². The molecule has 0 aliphatic rings. The number of rotatable bonds is 12. The Labute approximate surface area is 301 Å². The minimum atomic E-state index is -0.742. The molecule has 0 aliphatic heterocycles. The lowest BCUT2D eigenvalue weighted by atomic mass is 9.91. The fraction of sp³-hybridized carbons (Fsp3) is 0.500. The minimum absolute atomic E-state index is 0.00983. The number of nitrogens with zero attached hydrogens (tertiary/aromatic N) is 3. The fourth-order valence-corrected chi connectivity index (χ4v) is 6.78. The second-order valence-corrected chi connectivity index (χ2v) is 15.9. The van der Waals surface area contributed by atoms with Crippen molar-refractivity contribution in [3.05, 3.63) is 118 Å². The Morgan fingerprint density at radius 2 is 0.529 bits per heavy atom. The normalized spacial score (nSPS) is 12.1. The third kappa shape index (κ3) is 8.03. The largest absolute Gasteiger partial charge is 0.507 e. The molecule has 0 saturated carbocycles. The van der Waals surface area contributed by atoms with Gasteiger partial charge in [-0.3, -0.25) is 0 Å². The summed E-state index contributed by atoms with van der Waals surface area (Å²) >= 11 is 0. The first-order valence-corrected chi connectivity index (χ1v) is 18.3. The highest BCUT2D eigenvalue weighted by Crippen LogP contribution is 2.37. The van der Waals surface area contributed by atoms with E-state index < -0.39 is 17.1 Å². The van der Waals surface area contributed by atoms with Crippen LogP contribution in [0.3, 0.4) is 0 Å². The number of benzene rings is 3. The molecule has 4 rings (SSSR count). The highest BCUT2D eigenvalue weighted by molar-refractivity contribution is 5.49. The zero-order valence-electron chi connectivity index (χ0n) is 32.5. The first kappa shape index (κ1) is 39.3. The van der Waals surface area contributed by atoms with Gasteiger partial charge in [-0.1, -0.05) is 119 Å². The van der Waals surface area contributed by atoms with Gasteiger partial charge in [0, 0.05) is 0 Å². The van der Waals surface area contributed by atoms with Crippen LogP contribution in [0.25, 0.3) is 0 Å². The molecule has 51 heavy (non-hydrogen) atoms. The zero-order valence-corrected chi connectivity index (χ0v) is 32.5. The maximum absolute atomic E-state index is 14.3. The Morgan fingerprint density at radius 1 is 0.373 bits per heavy atom. The van der Waals surface area contributed by atoms with Crippen LogP contribution in [-0.2, 0) is 19.6 Å². The van der Waals surface area contributed by atoms with E-state index in [9.17, 15) is 29.7 Å². The second kappa shape index (κ2) is 15.4. The fourth-order valence-electron chi connectivity index (χ4n) is 6.78. The minimum Gasteiger partial charge on any atom is -0.507 e. The molecule has 0 fully saturated rings. The molecule has 4 aromatic rings. The quantitative estimate of drug-likeness (QED) is 0.137. The van der Waals surface area contributed by atoms with Gasteiger partial charge >= 0.3 is 17.1 Å². The van der Waals surface area contributed by atoms with E-state index in [0.717, 1.165) is 47.1 Å². The molecule has 0 unspecified atom stereocenters. The molecule has 0 bridgehead atoms. The highest BCUT2D eigenvalue weighted by Gasteiger charge is 2.23. The van der Waals surface area contributed by atoms with Crippen LogP contribution < -0.4 is 17.1 Å². The number of phenols is 3. The van der Waals surface area contributed by atoms with Gasteiger partial charge in [-0.2, -0.15) is 0 Å². The van der Waals surface area contributed by atoms with Crippen molar-refractivity contribution in [2.45, 2.75) is 138 Å². The number of hydrogen-bond acceptors (Lipinski definition) is 6. The topological polar surface area (TPSA) is 127 Å². The Hall–Kier alpha value is -4.53. The lowest BCUT2D eigenvalue weighted by Gasteiger charge is -2.20. The van der Waals surface area contributed by atoms with Crippen LogP contribution in [0.4, 0.5) is 0 Å². The molecular formula is C42H57N3O6. The molecule has 0 radical (unpaired) electrons. The molecule has 0 spiro atoms. The maximum atomic E-state index is 14.3. The number of aromatic hydroxyl groups is 3. The average molecular weight is 700 g/mol. The van der Waals surface area contributed by atoms with Gasteiger partial charge in [0.1, 0.15) is 17.2 Å². The second-order valence-electron chi connectivity index (χ2n) is 15.9. The summed E-state index contributed by atoms with van der Waals surface area (Å²) < 4.78 is 3.30. The van der Waals surface area contributed by atoms with Gasteiger partial charge in [-0.05, 0) is 85.6 Å². The van der Waals surface area contributed by atoms with Crippen LogP contribution in [0.5, 0.6) is 17.2 Å². The Morgan fingerprint density at radius 3 is 0.667 bits per heavy atom. The van der Waals surface area contributed by atoms with Crippen molar-refractivity contribution in [3.63, 3.8) is 0 Å². The van der Waals surface area contributed by atoms with Gasteiger partial charge in [-0.25, -0.2) is 28.1 Å². The van der Waals surface area contributed by atoms with Crippen molar-refractivity contribution < 1.29 is 15.3 Å². The summed E-state index contributed by atoms with van der Waals surface area (Å²) in [5.41, 5.74) is 4.08. The Kier molecular flexibility index (Phi) is 11.8. The monoisotopic (exact) mass is 699 g/mol. The molecule has 0 aliphatic carbocycles. The number of phenolic OH excluding ortho intramolecular Hbond substituents is 3. The van der Waals surface area contributed by atoms with Crippen LogP contribution in [0.15, 0.2) is 50.8 Å². The number of hydrogen-bond donors (Lipinski definition) is 3. The van der Waals surface area contributed by atoms with Crippen LogP contribution in [0, 0.1) is 0 Å². The van der Waals surface area contributed by atoms with E-state index in [0.29, 0.717) is 16.7 Å². The summed E-state index contributed by atoms with van der Waals surface area (Å²) in [6, 6.07) is 10.9. The van der Waals surface area contributed by atoms with Gasteiger partial charge < -0.3 is 15.3 Å². The van der Waals surface area contributed by atoms with E-state index in [1.807, 2.05) is 119 Å².